The maximum Gasteiger partial charge on any atom is 0.149 e. The second kappa shape index (κ2) is 6.57. The van der Waals surface area contributed by atoms with E-state index >= 15 is 0 Å². The molecule has 1 rings (SSSR count). The van der Waals surface area contributed by atoms with Gasteiger partial charge in [0.1, 0.15) is 9.84 Å². The average Bonchev–Trinajstić information content (AvgIpc) is 2.56. The van der Waals surface area contributed by atoms with Crippen LogP contribution in [0.15, 0.2) is 0 Å². The number of sulfone groups is 1. The largest absolute Gasteiger partial charge is 0.379 e. The number of hydrogen-bond acceptors (Lipinski definition) is 4. The molecule has 1 aliphatic carbocycles. The average molecular weight is 249 g/mol. The summed E-state index contributed by atoms with van der Waals surface area (Å²) in [5.41, 5.74) is 0. The first-order valence-electron chi connectivity index (χ1n) is 5.98. The molecular formula is C11H23NO3S. The Hall–Kier alpha value is -0.130. The van der Waals surface area contributed by atoms with Gasteiger partial charge in [0, 0.05) is 18.8 Å². The summed E-state index contributed by atoms with van der Waals surface area (Å²) in [6.45, 7) is 3.99. The Morgan fingerprint density at radius 1 is 1.31 bits per heavy atom. The van der Waals surface area contributed by atoms with Gasteiger partial charge in [0.15, 0.2) is 0 Å². The standard InChI is InChI=1S/C11H23NO3S/c1-10-4-3-5-11(10)12-6-7-15-8-9-16(2,13)14/h10-12H,3-9H2,1-2H3. The van der Waals surface area contributed by atoms with Crippen LogP contribution in [0.3, 0.4) is 0 Å². The molecule has 2 unspecified atom stereocenters. The molecule has 1 saturated carbocycles. The number of hydrogen-bond donors (Lipinski definition) is 1. The van der Waals surface area contributed by atoms with Crippen LogP contribution >= 0.6 is 0 Å². The van der Waals surface area contributed by atoms with Crippen LogP contribution in [0, 0.1) is 5.92 Å². The van der Waals surface area contributed by atoms with E-state index in [2.05, 4.69) is 12.2 Å². The van der Waals surface area contributed by atoms with Crippen LogP contribution in [-0.4, -0.2) is 46.2 Å². The van der Waals surface area contributed by atoms with Gasteiger partial charge in [0.25, 0.3) is 0 Å². The van der Waals surface area contributed by atoms with E-state index in [1.165, 1.54) is 25.5 Å². The Balaban J connectivity index is 1.96. The van der Waals surface area contributed by atoms with E-state index in [1.54, 1.807) is 0 Å². The van der Waals surface area contributed by atoms with Crippen LogP contribution in [0.5, 0.6) is 0 Å². The third-order valence-corrected chi connectivity index (χ3v) is 4.02. The lowest BCUT2D eigenvalue weighted by Gasteiger charge is -2.17. The molecule has 0 aliphatic heterocycles. The van der Waals surface area contributed by atoms with Gasteiger partial charge in [-0.15, -0.1) is 0 Å². The summed E-state index contributed by atoms with van der Waals surface area (Å²) in [4.78, 5) is 0. The molecule has 0 heterocycles. The fourth-order valence-electron chi connectivity index (χ4n) is 2.08. The SMILES string of the molecule is CC1CCCC1NCCOCCS(C)(=O)=O. The predicted molar refractivity (Wildman–Crippen MR) is 65.3 cm³/mol. The third kappa shape index (κ3) is 5.82. The van der Waals surface area contributed by atoms with E-state index in [9.17, 15) is 8.42 Å². The molecule has 96 valence electrons. The van der Waals surface area contributed by atoms with Gasteiger partial charge >= 0.3 is 0 Å². The van der Waals surface area contributed by atoms with Crippen molar-refractivity contribution < 1.29 is 13.2 Å². The van der Waals surface area contributed by atoms with Crippen molar-refractivity contribution in [2.45, 2.75) is 32.2 Å². The van der Waals surface area contributed by atoms with Crippen LogP contribution < -0.4 is 5.32 Å². The Morgan fingerprint density at radius 3 is 2.62 bits per heavy atom. The van der Waals surface area contributed by atoms with Crippen molar-refractivity contribution in [3.63, 3.8) is 0 Å². The molecule has 5 heteroatoms. The zero-order valence-corrected chi connectivity index (χ0v) is 11.1. The summed E-state index contributed by atoms with van der Waals surface area (Å²) in [5, 5.41) is 3.45. The maximum absolute atomic E-state index is 10.8. The number of rotatable bonds is 7. The lowest BCUT2D eigenvalue weighted by atomic mass is 10.1. The van der Waals surface area contributed by atoms with Gasteiger partial charge in [-0.3, -0.25) is 0 Å². The molecule has 0 radical (unpaired) electrons. The molecule has 0 bridgehead atoms. The van der Waals surface area contributed by atoms with Crippen LogP contribution in [0.1, 0.15) is 26.2 Å². The third-order valence-electron chi connectivity index (χ3n) is 3.11. The fourth-order valence-corrected chi connectivity index (χ4v) is 2.50. The Kier molecular flexibility index (Phi) is 5.72. The molecule has 2 atom stereocenters. The Morgan fingerprint density at radius 2 is 2.06 bits per heavy atom. The van der Waals surface area contributed by atoms with Crippen molar-refractivity contribution in [1.82, 2.24) is 5.32 Å². The highest BCUT2D eigenvalue weighted by molar-refractivity contribution is 7.90. The summed E-state index contributed by atoms with van der Waals surface area (Å²) in [6.07, 6.45) is 5.11. The van der Waals surface area contributed by atoms with Gasteiger partial charge in [-0.1, -0.05) is 13.3 Å². The first-order chi connectivity index (χ1) is 7.49. The molecular weight excluding hydrogens is 226 g/mol. The van der Waals surface area contributed by atoms with Crippen LogP contribution in [0.2, 0.25) is 0 Å². The lowest BCUT2D eigenvalue weighted by molar-refractivity contribution is 0.147. The minimum absolute atomic E-state index is 0.118. The van der Waals surface area contributed by atoms with Gasteiger partial charge in [0.05, 0.1) is 19.0 Å². The molecule has 4 nitrogen and oxygen atoms in total. The van der Waals surface area contributed by atoms with E-state index < -0.39 is 9.84 Å². The molecule has 1 N–H and O–H groups in total. The van der Waals surface area contributed by atoms with Gasteiger partial charge in [-0.05, 0) is 18.8 Å². The summed E-state index contributed by atoms with van der Waals surface area (Å²) in [6, 6.07) is 0.624. The van der Waals surface area contributed by atoms with Crippen LogP contribution in [-0.2, 0) is 14.6 Å². The second-order valence-electron chi connectivity index (χ2n) is 4.71. The molecule has 0 aromatic heterocycles. The smallest absolute Gasteiger partial charge is 0.149 e. The minimum atomic E-state index is -2.88. The summed E-state index contributed by atoms with van der Waals surface area (Å²) >= 11 is 0. The Bertz CT molecular complexity index is 290. The Labute approximate surface area is 98.7 Å². The maximum atomic E-state index is 10.8. The van der Waals surface area contributed by atoms with Crippen molar-refractivity contribution in [3.8, 4) is 0 Å². The quantitative estimate of drug-likeness (QED) is 0.679. The summed E-state index contributed by atoms with van der Waals surface area (Å²) in [7, 11) is -2.88. The topological polar surface area (TPSA) is 55.4 Å². The molecule has 1 fully saturated rings. The zero-order chi connectivity index (χ0) is 12.0. The minimum Gasteiger partial charge on any atom is -0.379 e. The summed E-state index contributed by atoms with van der Waals surface area (Å²) < 4.78 is 26.9. The van der Waals surface area contributed by atoms with Crippen molar-refractivity contribution in [2.24, 2.45) is 5.92 Å². The first-order valence-corrected chi connectivity index (χ1v) is 8.04. The van der Waals surface area contributed by atoms with Crippen molar-refractivity contribution in [2.75, 3.05) is 31.8 Å². The molecule has 0 aromatic carbocycles. The molecule has 0 amide bonds. The van der Waals surface area contributed by atoms with Crippen molar-refractivity contribution >= 4 is 9.84 Å². The van der Waals surface area contributed by atoms with Gasteiger partial charge < -0.3 is 10.1 Å². The normalized spacial score (nSPS) is 26.1. The molecule has 16 heavy (non-hydrogen) atoms. The highest BCUT2D eigenvalue weighted by atomic mass is 32.2. The van der Waals surface area contributed by atoms with Crippen molar-refractivity contribution in [1.29, 1.82) is 0 Å². The summed E-state index contributed by atoms with van der Waals surface area (Å²) in [5.74, 6) is 0.878. The van der Waals surface area contributed by atoms with E-state index in [4.69, 9.17) is 4.74 Å². The molecule has 0 saturated heterocycles. The van der Waals surface area contributed by atoms with Crippen LogP contribution in [0.4, 0.5) is 0 Å². The number of nitrogens with one attached hydrogen (secondary N) is 1. The van der Waals surface area contributed by atoms with E-state index in [0.717, 1.165) is 12.5 Å². The number of ether oxygens (including phenoxy) is 1. The molecule has 0 aromatic rings. The van der Waals surface area contributed by atoms with Gasteiger partial charge in [-0.25, -0.2) is 8.42 Å². The highest BCUT2D eigenvalue weighted by Gasteiger charge is 2.21. The fraction of sp³-hybridized carbons (Fsp3) is 1.00. The van der Waals surface area contributed by atoms with E-state index in [-0.39, 0.29) is 5.75 Å². The second-order valence-corrected chi connectivity index (χ2v) is 6.97. The van der Waals surface area contributed by atoms with E-state index in [0.29, 0.717) is 19.3 Å². The highest BCUT2D eigenvalue weighted by Crippen LogP contribution is 2.24. The van der Waals surface area contributed by atoms with Crippen molar-refractivity contribution in [3.05, 3.63) is 0 Å². The van der Waals surface area contributed by atoms with Gasteiger partial charge in [-0.2, -0.15) is 0 Å². The van der Waals surface area contributed by atoms with E-state index in [1.807, 2.05) is 0 Å². The molecule has 0 spiro atoms. The molecule has 1 aliphatic rings. The first kappa shape index (κ1) is 13.9. The lowest BCUT2D eigenvalue weighted by Crippen LogP contribution is -2.33. The monoisotopic (exact) mass is 249 g/mol. The van der Waals surface area contributed by atoms with Crippen LogP contribution in [0.25, 0.3) is 0 Å². The zero-order valence-electron chi connectivity index (χ0n) is 10.2. The predicted octanol–water partition coefficient (Wildman–Crippen LogP) is 0.826. The van der Waals surface area contributed by atoms with Gasteiger partial charge in [0.2, 0.25) is 0 Å².